The molecule has 11 heteroatoms. The number of rotatable bonds is 7. The Hall–Kier alpha value is -3.79. The fourth-order valence-electron chi connectivity index (χ4n) is 2.28. The molecular weight excluding hydrogens is 424 g/mol. The average molecular weight is 445 g/mol. The standard InChI is InChI=1S/C20H21ClN6O4/c1-27(2)20(31)15(25-17(28)6-3-13-7-9-22-10-8-13)12-24-18(29)19(30)26-16-5-4-14(21)11-23-16/h3-11,15H,12H2,1-2H3,(H,24,29)(H,25,28)(H,23,26,30). The topological polar surface area (TPSA) is 133 Å². The molecular formula is C20H21ClN6O4. The summed E-state index contributed by atoms with van der Waals surface area (Å²) in [6.45, 7) is -0.286. The second-order valence-electron chi connectivity index (χ2n) is 6.43. The van der Waals surface area contributed by atoms with Crippen molar-refractivity contribution in [1.29, 1.82) is 0 Å². The quantitative estimate of drug-likeness (QED) is 0.420. The van der Waals surface area contributed by atoms with Gasteiger partial charge in [-0.1, -0.05) is 11.6 Å². The first-order valence-corrected chi connectivity index (χ1v) is 9.44. The van der Waals surface area contributed by atoms with E-state index in [4.69, 9.17) is 11.6 Å². The second-order valence-corrected chi connectivity index (χ2v) is 6.87. The summed E-state index contributed by atoms with van der Waals surface area (Å²) in [5.41, 5.74) is 0.751. The number of halogens is 1. The van der Waals surface area contributed by atoms with Crippen LogP contribution >= 0.6 is 11.6 Å². The van der Waals surface area contributed by atoms with Gasteiger partial charge in [0, 0.05) is 45.3 Å². The minimum absolute atomic E-state index is 0.139. The van der Waals surface area contributed by atoms with Crippen LogP contribution in [-0.4, -0.2) is 65.2 Å². The first kappa shape index (κ1) is 23.5. The Bertz CT molecular complexity index is 963. The van der Waals surface area contributed by atoms with Crippen LogP contribution in [0.3, 0.4) is 0 Å². The summed E-state index contributed by atoms with van der Waals surface area (Å²) in [6, 6.07) is 5.28. The van der Waals surface area contributed by atoms with Gasteiger partial charge in [-0.15, -0.1) is 0 Å². The van der Waals surface area contributed by atoms with Crippen LogP contribution in [0.2, 0.25) is 5.02 Å². The molecule has 2 rings (SSSR count). The number of hydrogen-bond acceptors (Lipinski definition) is 6. The number of likely N-dealkylation sites (N-methyl/N-ethyl adjacent to an activating group) is 1. The molecule has 4 amide bonds. The Morgan fingerprint density at radius 1 is 1.10 bits per heavy atom. The second kappa shape index (κ2) is 11.4. The molecule has 0 spiro atoms. The summed E-state index contributed by atoms with van der Waals surface area (Å²) < 4.78 is 0. The van der Waals surface area contributed by atoms with Gasteiger partial charge < -0.3 is 20.9 Å². The van der Waals surface area contributed by atoms with E-state index in [0.717, 1.165) is 5.56 Å². The molecule has 2 aromatic heterocycles. The molecule has 1 atom stereocenters. The van der Waals surface area contributed by atoms with Crippen LogP contribution < -0.4 is 16.0 Å². The first-order valence-electron chi connectivity index (χ1n) is 9.06. The average Bonchev–Trinajstić information content (AvgIpc) is 2.76. The maximum atomic E-state index is 12.4. The van der Waals surface area contributed by atoms with Gasteiger partial charge in [0.2, 0.25) is 11.8 Å². The molecule has 2 aromatic rings. The van der Waals surface area contributed by atoms with E-state index < -0.39 is 29.7 Å². The highest BCUT2D eigenvalue weighted by molar-refractivity contribution is 6.39. The molecule has 0 aliphatic rings. The van der Waals surface area contributed by atoms with E-state index in [9.17, 15) is 19.2 Å². The van der Waals surface area contributed by atoms with Crippen LogP contribution in [0.4, 0.5) is 5.82 Å². The third-order valence-electron chi connectivity index (χ3n) is 3.83. The van der Waals surface area contributed by atoms with Crippen LogP contribution in [-0.2, 0) is 19.2 Å². The largest absolute Gasteiger partial charge is 0.347 e. The molecule has 0 fully saturated rings. The SMILES string of the molecule is CN(C)C(=O)C(CNC(=O)C(=O)Nc1ccc(Cl)cn1)NC(=O)C=Cc1ccncc1. The minimum atomic E-state index is -1.07. The monoisotopic (exact) mass is 444 g/mol. The van der Waals surface area contributed by atoms with Crippen LogP contribution in [0.1, 0.15) is 5.56 Å². The van der Waals surface area contributed by atoms with Crippen LogP contribution in [0.15, 0.2) is 48.9 Å². The lowest BCUT2D eigenvalue weighted by atomic mass is 10.2. The van der Waals surface area contributed by atoms with Gasteiger partial charge in [-0.05, 0) is 35.9 Å². The number of carbonyl (C=O) groups excluding carboxylic acids is 4. The number of nitrogens with zero attached hydrogens (tertiary/aromatic N) is 3. The molecule has 10 nitrogen and oxygen atoms in total. The molecule has 162 valence electrons. The molecule has 0 saturated carbocycles. The number of carbonyl (C=O) groups is 4. The molecule has 0 aliphatic heterocycles. The number of nitrogens with one attached hydrogen (secondary N) is 3. The Balaban J connectivity index is 1.95. The molecule has 0 saturated heterocycles. The van der Waals surface area contributed by atoms with Gasteiger partial charge in [-0.25, -0.2) is 4.98 Å². The Labute approximate surface area is 183 Å². The van der Waals surface area contributed by atoms with Crippen LogP contribution in [0, 0.1) is 0 Å². The van der Waals surface area contributed by atoms with Gasteiger partial charge in [0.25, 0.3) is 0 Å². The van der Waals surface area contributed by atoms with Crippen molar-refractivity contribution in [2.75, 3.05) is 26.0 Å². The van der Waals surface area contributed by atoms with Gasteiger partial charge in [0.05, 0.1) is 5.02 Å². The van der Waals surface area contributed by atoms with Gasteiger partial charge in [-0.2, -0.15) is 0 Å². The maximum absolute atomic E-state index is 12.4. The van der Waals surface area contributed by atoms with Crippen molar-refractivity contribution >= 4 is 47.1 Å². The van der Waals surface area contributed by atoms with Crippen molar-refractivity contribution in [3.05, 3.63) is 59.5 Å². The fraction of sp³-hybridized carbons (Fsp3) is 0.200. The summed E-state index contributed by atoms with van der Waals surface area (Å²) >= 11 is 5.72. The van der Waals surface area contributed by atoms with E-state index in [1.54, 1.807) is 30.6 Å². The van der Waals surface area contributed by atoms with E-state index in [-0.39, 0.29) is 12.4 Å². The smallest absolute Gasteiger partial charge is 0.314 e. The highest BCUT2D eigenvalue weighted by atomic mass is 35.5. The molecule has 0 radical (unpaired) electrons. The van der Waals surface area contributed by atoms with Gasteiger partial charge in [0.15, 0.2) is 0 Å². The minimum Gasteiger partial charge on any atom is -0.347 e. The van der Waals surface area contributed by atoms with Crippen molar-refractivity contribution in [2.24, 2.45) is 0 Å². The lowest BCUT2D eigenvalue weighted by molar-refractivity contribution is -0.137. The van der Waals surface area contributed by atoms with Crippen molar-refractivity contribution in [2.45, 2.75) is 6.04 Å². The van der Waals surface area contributed by atoms with E-state index in [1.165, 1.54) is 43.4 Å². The van der Waals surface area contributed by atoms with E-state index >= 15 is 0 Å². The number of aromatic nitrogens is 2. The Kier molecular flexibility index (Phi) is 8.64. The normalized spacial score (nSPS) is 11.5. The summed E-state index contributed by atoms with van der Waals surface area (Å²) in [5.74, 6) is -2.82. The maximum Gasteiger partial charge on any atom is 0.314 e. The first-order chi connectivity index (χ1) is 14.8. The van der Waals surface area contributed by atoms with E-state index in [2.05, 4.69) is 25.9 Å². The zero-order valence-corrected chi connectivity index (χ0v) is 17.6. The van der Waals surface area contributed by atoms with E-state index in [0.29, 0.717) is 5.02 Å². The van der Waals surface area contributed by atoms with Crippen molar-refractivity contribution < 1.29 is 19.2 Å². The lowest BCUT2D eigenvalue weighted by Crippen LogP contribution is -2.53. The van der Waals surface area contributed by atoms with Crippen LogP contribution in [0.5, 0.6) is 0 Å². The van der Waals surface area contributed by atoms with Gasteiger partial charge in [0.1, 0.15) is 11.9 Å². The van der Waals surface area contributed by atoms with Gasteiger partial charge >= 0.3 is 11.8 Å². The summed E-state index contributed by atoms with van der Waals surface area (Å²) in [4.78, 5) is 57.6. The van der Waals surface area contributed by atoms with Crippen molar-refractivity contribution in [1.82, 2.24) is 25.5 Å². The van der Waals surface area contributed by atoms with E-state index in [1.807, 2.05) is 0 Å². The zero-order valence-electron chi connectivity index (χ0n) is 16.8. The molecule has 2 heterocycles. The lowest BCUT2D eigenvalue weighted by Gasteiger charge is -2.21. The molecule has 3 N–H and O–H groups in total. The highest BCUT2D eigenvalue weighted by Gasteiger charge is 2.24. The molecule has 0 aromatic carbocycles. The predicted molar refractivity (Wildman–Crippen MR) is 115 cm³/mol. The van der Waals surface area contributed by atoms with Crippen LogP contribution in [0.25, 0.3) is 6.08 Å². The predicted octanol–water partition coefficient (Wildman–Crippen LogP) is 0.471. The third-order valence-corrected chi connectivity index (χ3v) is 4.05. The number of hydrogen-bond donors (Lipinski definition) is 3. The molecule has 31 heavy (non-hydrogen) atoms. The zero-order chi connectivity index (χ0) is 22.8. The summed E-state index contributed by atoms with van der Waals surface area (Å²) in [7, 11) is 3.02. The Morgan fingerprint density at radius 2 is 1.81 bits per heavy atom. The number of pyridine rings is 2. The van der Waals surface area contributed by atoms with Crippen molar-refractivity contribution in [3.63, 3.8) is 0 Å². The fourth-order valence-corrected chi connectivity index (χ4v) is 2.39. The molecule has 1 unspecified atom stereocenters. The number of amides is 4. The molecule has 0 aliphatic carbocycles. The number of anilines is 1. The Morgan fingerprint density at radius 3 is 2.42 bits per heavy atom. The highest BCUT2D eigenvalue weighted by Crippen LogP contribution is 2.09. The summed E-state index contributed by atoms with van der Waals surface area (Å²) in [6.07, 6.45) is 7.29. The molecule has 0 bridgehead atoms. The van der Waals surface area contributed by atoms with Crippen molar-refractivity contribution in [3.8, 4) is 0 Å². The summed E-state index contributed by atoms with van der Waals surface area (Å²) in [5, 5.41) is 7.52. The third kappa shape index (κ3) is 7.86. The van der Waals surface area contributed by atoms with Gasteiger partial charge in [-0.3, -0.25) is 24.2 Å².